The Labute approximate surface area is 114 Å². The monoisotopic (exact) mass is 271 g/mol. The van der Waals surface area contributed by atoms with E-state index in [0.717, 1.165) is 22.3 Å². The van der Waals surface area contributed by atoms with Crippen molar-refractivity contribution in [2.75, 3.05) is 0 Å². The molecular weight excluding hydrogens is 258 g/mol. The van der Waals surface area contributed by atoms with Gasteiger partial charge in [0.25, 0.3) is 6.47 Å². The zero-order valence-electron chi connectivity index (χ0n) is 10.7. The van der Waals surface area contributed by atoms with Gasteiger partial charge < -0.3 is 15.2 Å². The summed E-state index contributed by atoms with van der Waals surface area (Å²) in [5.41, 5.74) is 3.32. The van der Waals surface area contributed by atoms with E-state index in [0.29, 0.717) is 5.69 Å². The van der Waals surface area contributed by atoms with Crippen molar-refractivity contribution in [3.05, 3.63) is 42.4 Å². The molecular formula is C14H13N3O3. The minimum atomic E-state index is -0.250. The second-order valence-electron chi connectivity index (χ2n) is 4.00. The van der Waals surface area contributed by atoms with Crippen LogP contribution in [0.25, 0.3) is 22.3 Å². The summed E-state index contributed by atoms with van der Waals surface area (Å²) in [5, 5.41) is 17.4. The molecule has 0 fully saturated rings. The van der Waals surface area contributed by atoms with Crippen LogP contribution in [0.2, 0.25) is 0 Å². The number of aromatic nitrogens is 3. The fourth-order valence-electron chi connectivity index (χ4n) is 1.89. The van der Waals surface area contributed by atoms with Crippen molar-refractivity contribution < 1.29 is 15.0 Å². The summed E-state index contributed by atoms with van der Waals surface area (Å²) in [6.07, 6.45) is 3.60. The highest BCUT2D eigenvalue weighted by atomic mass is 16.3. The van der Waals surface area contributed by atoms with E-state index in [9.17, 15) is 5.11 Å². The summed E-state index contributed by atoms with van der Waals surface area (Å²) in [6.45, 7) is 1.54. The van der Waals surface area contributed by atoms with Gasteiger partial charge in [0.05, 0.1) is 11.4 Å². The molecule has 0 unspecified atom stereocenters. The summed E-state index contributed by atoms with van der Waals surface area (Å²) in [5.74, 6) is 0.216. The second-order valence-corrected chi connectivity index (χ2v) is 4.00. The van der Waals surface area contributed by atoms with Crippen LogP contribution in [0.5, 0.6) is 5.75 Å². The number of H-pyrrole nitrogens is 1. The molecule has 0 aromatic carbocycles. The minimum absolute atomic E-state index is 0.216. The Kier molecular flexibility index (Phi) is 3.95. The first-order valence-electron chi connectivity index (χ1n) is 5.84. The lowest BCUT2D eigenvalue weighted by Gasteiger charge is -2.04. The van der Waals surface area contributed by atoms with E-state index in [1.165, 1.54) is 0 Å². The quantitative estimate of drug-likeness (QED) is 0.590. The van der Waals surface area contributed by atoms with Gasteiger partial charge in [0.1, 0.15) is 11.4 Å². The van der Waals surface area contributed by atoms with E-state index in [4.69, 9.17) is 9.90 Å². The van der Waals surface area contributed by atoms with Crippen molar-refractivity contribution in [3.63, 3.8) is 0 Å². The number of pyridine rings is 2. The summed E-state index contributed by atoms with van der Waals surface area (Å²) in [7, 11) is 0. The van der Waals surface area contributed by atoms with E-state index in [1.54, 1.807) is 19.2 Å². The maximum absolute atomic E-state index is 9.48. The van der Waals surface area contributed by atoms with Crippen LogP contribution in [0.4, 0.5) is 0 Å². The predicted octanol–water partition coefficient (Wildman–Crippen LogP) is 2.34. The first-order valence-corrected chi connectivity index (χ1v) is 5.84. The number of carboxylic acid groups (broad SMARTS) is 1. The molecule has 6 heteroatoms. The smallest absolute Gasteiger partial charge is 0.290 e. The zero-order chi connectivity index (χ0) is 14.5. The lowest BCUT2D eigenvalue weighted by atomic mass is 10.1. The van der Waals surface area contributed by atoms with Crippen molar-refractivity contribution in [2.45, 2.75) is 6.92 Å². The number of aryl methyl sites for hydroxylation is 1. The Bertz CT molecular complexity index is 737. The largest absolute Gasteiger partial charge is 0.506 e. The molecule has 0 aliphatic heterocycles. The fraction of sp³-hybridized carbons (Fsp3) is 0.0714. The number of nitrogens with zero attached hydrogens (tertiary/aromatic N) is 2. The molecule has 0 aliphatic rings. The highest BCUT2D eigenvalue weighted by Crippen LogP contribution is 2.27. The third kappa shape index (κ3) is 2.59. The van der Waals surface area contributed by atoms with Crippen LogP contribution in [-0.2, 0) is 4.79 Å². The molecule has 0 spiro atoms. The van der Waals surface area contributed by atoms with Gasteiger partial charge in [-0.05, 0) is 31.2 Å². The number of aromatic amines is 1. The number of nitrogens with one attached hydrogen (secondary N) is 1. The Balaban J connectivity index is 0.000000452. The van der Waals surface area contributed by atoms with Crippen LogP contribution in [0.3, 0.4) is 0 Å². The van der Waals surface area contributed by atoms with Gasteiger partial charge in [-0.3, -0.25) is 4.79 Å². The number of rotatable bonds is 1. The molecule has 0 amide bonds. The molecule has 0 saturated carbocycles. The lowest BCUT2D eigenvalue weighted by molar-refractivity contribution is -0.122. The maximum Gasteiger partial charge on any atom is 0.290 e. The molecule has 3 aromatic heterocycles. The topological polar surface area (TPSA) is 99.1 Å². The Morgan fingerprint density at radius 1 is 1.25 bits per heavy atom. The molecule has 0 bridgehead atoms. The van der Waals surface area contributed by atoms with Crippen molar-refractivity contribution in [2.24, 2.45) is 0 Å². The molecule has 0 radical (unpaired) electrons. The standard InChI is InChI=1S/C13H11N3O.CH2O2/c1-8-12(17)3-2-11(16-8)9-4-6-14-13-10(9)5-7-15-13;2-1-3/h2-7,17H,1H3,(H,14,15);1H,(H,2,3). The summed E-state index contributed by atoms with van der Waals surface area (Å²) < 4.78 is 0. The molecule has 20 heavy (non-hydrogen) atoms. The normalized spacial score (nSPS) is 9.85. The van der Waals surface area contributed by atoms with Crippen LogP contribution in [0.15, 0.2) is 36.7 Å². The SMILES string of the molecule is Cc1nc(-c2ccnc3[nH]ccc23)ccc1O.O=CO. The van der Waals surface area contributed by atoms with Gasteiger partial charge in [-0.2, -0.15) is 0 Å². The van der Waals surface area contributed by atoms with Crippen LogP contribution in [-0.4, -0.2) is 31.6 Å². The average molecular weight is 271 g/mol. The van der Waals surface area contributed by atoms with Gasteiger partial charge in [0, 0.05) is 23.3 Å². The first-order chi connectivity index (χ1) is 9.67. The summed E-state index contributed by atoms with van der Waals surface area (Å²) >= 11 is 0. The van der Waals surface area contributed by atoms with Crippen LogP contribution < -0.4 is 0 Å². The van der Waals surface area contributed by atoms with Crippen LogP contribution in [0, 0.1) is 6.92 Å². The zero-order valence-corrected chi connectivity index (χ0v) is 10.7. The number of hydrogen-bond donors (Lipinski definition) is 3. The van der Waals surface area contributed by atoms with Crippen molar-refractivity contribution in [1.29, 1.82) is 0 Å². The second kappa shape index (κ2) is 5.83. The van der Waals surface area contributed by atoms with Crippen LogP contribution >= 0.6 is 0 Å². The number of aromatic hydroxyl groups is 1. The molecule has 3 aromatic rings. The van der Waals surface area contributed by atoms with E-state index < -0.39 is 0 Å². The molecule has 0 aliphatic carbocycles. The Morgan fingerprint density at radius 3 is 2.70 bits per heavy atom. The van der Waals surface area contributed by atoms with Crippen LogP contribution in [0.1, 0.15) is 5.69 Å². The summed E-state index contributed by atoms with van der Waals surface area (Å²) in [6, 6.07) is 7.37. The molecule has 102 valence electrons. The maximum atomic E-state index is 9.48. The van der Waals surface area contributed by atoms with Crippen molar-refractivity contribution in [1.82, 2.24) is 15.0 Å². The highest BCUT2D eigenvalue weighted by Gasteiger charge is 2.07. The molecule has 0 saturated heterocycles. The van der Waals surface area contributed by atoms with Crippen molar-refractivity contribution in [3.8, 4) is 17.0 Å². The Hall–Kier alpha value is -2.89. The fourth-order valence-corrected chi connectivity index (χ4v) is 1.89. The third-order valence-corrected chi connectivity index (χ3v) is 2.79. The minimum Gasteiger partial charge on any atom is -0.506 e. The van der Waals surface area contributed by atoms with Gasteiger partial charge in [-0.1, -0.05) is 0 Å². The van der Waals surface area contributed by atoms with Gasteiger partial charge in [-0.15, -0.1) is 0 Å². The third-order valence-electron chi connectivity index (χ3n) is 2.79. The number of fused-ring (bicyclic) bond motifs is 1. The van der Waals surface area contributed by atoms with Crippen molar-refractivity contribution >= 4 is 17.5 Å². The average Bonchev–Trinajstić information content (AvgIpc) is 2.91. The molecule has 0 atom stereocenters. The molecule has 3 heterocycles. The van der Waals surface area contributed by atoms with Gasteiger partial charge in [0.15, 0.2) is 0 Å². The van der Waals surface area contributed by atoms with E-state index in [1.807, 2.05) is 24.4 Å². The molecule has 3 N–H and O–H groups in total. The highest BCUT2D eigenvalue weighted by molar-refractivity contribution is 5.91. The molecule has 3 rings (SSSR count). The lowest BCUT2D eigenvalue weighted by Crippen LogP contribution is -1.88. The summed E-state index contributed by atoms with van der Waals surface area (Å²) in [4.78, 5) is 20.0. The number of hydrogen-bond acceptors (Lipinski definition) is 4. The van der Waals surface area contributed by atoms with Gasteiger partial charge in [0.2, 0.25) is 0 Å². The van der Waals surface area contributed by atoms with Gasteiger partial charge in [-0.25, -0.2) is 9.97 Å². The number of carbonyl (C=O) groups is 1. The molecule has 6 nitrogen and oxygen atoms in total. The van der Waals surface area contributed by atoms with Gasteiger partial charge >= 0.3 is 0 Å². The first kappa shape index (κ1) is 13.5. The Morgan fingerprint density at radius 2 is 2.00 bits per heavy atom. The van der Waals surface area contributed by atoms with E-state index in [2.05, 4.69) is 15.0 Å². The van der Waals surface area contributed by atoms with E-state index in [-0.39, 0.29) is 12.2 Å². The predicted molar refractivity (Wildman–Crippen MR) is 74.4 cm³/mol. The van der Waals surface area contributed by atoms with E-state index >= 15 is 0 Å².